The van der Waals surface area contributed by atoms with Gasteiger partial charge in [-0.15, -0.1) is 32.9 Å². The molecule has 0 radical (unpaired) electrons. The lowest BCUT2D eigenvalue weighted by atomic mass is 10.0. The Bertz CT molecular complexity index is 1440. The maximum absolute atomic E-state index is 13.1. The molecular weight excluding hydrogens is 541 g/mol. The molecule has 1 unspecified atom stereocenters. The Balaban J connectivity index is 1.36. The third-order valence-corrected chi connectivity index (χ3v) is 9.09. The van der Waals surface area contributed by atoms with Gasteiger partial charge in [-0.2, -0.15) is 0 Å². The Morgan fingerprint density at radius 3 is 2.71 bits per heavy atom. The van der Waals surface area contributed by atoms with Gasteiger partial charge in [0.05, 0.1) is 25.5 Å². The first-order chi connectivity index (χ1) is 18.4. The first-order valence-electron chi connectivity index (χ1n) is 12.2. The number of thiophene rings is 2. The summed E-state index contributed by atoms with van der Waals surface area (Å²) in [6.45, 7) is 5.40. The van der Waals surface area contributed by atoms with E-state index in [9.17, 15) is 9.59 Å². The molecule has 1 aliphatic rings. The lowest BCUT2D eigenvalue weighted by Crippen LogP contribution is -2.18. The second-order valence-electron chi connectivity index (χ2n) is 8.93. The fourth-order valence-electron chi connectivity index (χ4n) is 4.50. The van der Waals surface area contributed by atoms with Gasteiger partial charge in [0.1, 0.15) is 10.6 Å². The van der Waals surface area contributed by atoms with Crippen molar-refractivity contribution in [2.24, 2.45) is 0 Å². The van der Waals surface area contributed by atoms with E-state index in [1.54, 1.807) is 11.3 Å². The minimum Gasteiger partial charge on any atom is -0.465 e. The second-order valence-corrected chi connectivity index (χ2v) is 12.2. The third-order valence-electron chi connectivity index (χ3n) is 6.24. The Kier molecular flexibility index (Phi) is 8.27. The Hall–Kier alpha value is -2.99. The van der Waals surface area contributed by atoms with Crippen molar-refractivity contribution in [1.29, 1.82) is 0 Å². The van der Waals surface area contributed by atoms with Crippen LogP contribution in [0.4, 0.5) is 5.00 Å². The van der Waals surface area contributed by atoms with Crippen LogP contribution in [0.3, 0.4) is 0 Å². The van der Waals surface area contributed by atoms with Gasteiger partial charge in [0.2, 0.25) is 5.91 Å². The van der Waals surface area contributed by atoms with E-state index in [0.717, 1.165) is 46.8 Å². The molecule has 0 bridgehead atoms. The summed E-state index contributed by atoms with van der Waals surface area (Å²) in [6, 6.07) is 11.7. The molecule has 1 amide bonds. The Labute approximate surface area is 233 Å². The van der Waals surface area contributed by atoms with E-state index in [0.29, 0.717) is 22.3 Å². The van der Waals surface area contributed by atoms with Gasteiger partial charge in [-0.3, -0.25) is 9.36 Å². The van der Waals surface area contributed by atoms with Crippen LogP contribution in [0, 0.1) is 13.8 Å². The number of amides is 1. The molecule has 198 valence electrons. The van der Waals surface area contributed by atoms with Crippen molar-refractivity contribution in [3.63, 3.8) is 0 Å². The van der Waals surface area contributed by atoms with Gasteiger partial charge in [0.25, 0.3) is 0 Å². The number of anilines is 1. The zero-order valence-corrected chi connectivity index (χ0v) is 23.8. The smallest absolute Gasteiger partial charge is 0.341 e. The lowest BCUT2D eigenvalue weighted by Gasteiger charge is -2.14. The third kappa shape index (κ3) is 5.70. The fourth-order valence-corrected chi connectivity index (χ4v) is 7.01. The highest BCUT2D eigenvalue weighted by Crippen LogP contribution is 2.40. The SMILES string of the molecule is COC(=O)c1c(NC(=O)CSc2nnc(-c3csc(C)c3)n2CC2CCCO2)sc(C)c1-c1ccccc1. The minimum absolute atomic E-state index is 0.103. The summed E-state index contributed by atoms with van der Waals surface area (Å²) in [7, 11) is 1.35. The predicted molar refractivity (Wildman–Crippen MR) is 152 cm³/mol. The number of hydrogen-bond acceptors (Lipinski definition) is 9. The average molecular weight is 569 g/mol. The summed E-state index contributed by atoms with van der Waals surface area (Å²) in [5, 5.41) is 15.0. The number of carbonyl (C=O) groups excluding carboxylic acids is 2. The molecule has 1 aromatic carbocycles. The molecule has 38 heavy (non-hydrogen) atoms. The molecule has 0 spiro atoms. The fraction of sp³-hybridized carbons (Fsp3) is 0.333. The number of esters is 1. The number of carbonyl (C=O) groups is 2. The molecule has 0 saturated carbocycles. The van der Waals surface area contributed by atoms with Crippen molar-refractivity contribution in [3.05, 3.63) is 57.1 Å². The molecule has 4 heterocycles. The molecule has 1 fully saturated rings. The van der Waals surface area contributed by atoms with E-state index in [2.05, 4.69) is 38.5 Å². The van der Waals surface area contributed by atoms with E-state index < -0.39 is 5.97 Å². The van der Waals surface area contributed by atoms with E-state index in [1.807, 2.05) is 37.3 Å². The second kappa shape index (κ2) is 11.8. The molecule has 1 atom stereocenters. The van der Waals surface area contributed by atoms with Gasteiger partial charge < -0.3 is 14.8 Å². The summed E-state index contributed by atoms with van der Waals surface area (Å²) in [5.74, 6) is 0.177. The van der Waals surface area contributed by atoms with Gasteiger partial charge in [0, 0.05) is 32.9 Å². The van der Waals surface area contributed by atoms with Gasteiger partial charge in [0.15, 0.2) is 11.0 Å². The first-order valence-corrected chi connectivity index (χ1v) is 14.9. The monoisotopic (exact) mass is 568 g/mol. The highest BCUT2D eigenvalue weighted by atomic mass is 32.2. The number of thioether (sulfide) groups is 1. The van der Waals surface area contributed by atoms with Crippen molar-refractivity contribution in [2.45, 2.75) is 44.5 Å². The van der Waals surface area contributed by atoms with Crippen molar-refractivity contribution < 1.29 is 19.1 Å². The number of nitrogens with one attached hydrogen (secondary N) is 1. The Morgan fingerprint density at radius 2 is 2.03 bits per heavy atom. The molecule has 1 N–H and O–H groups in total. The van der Waals surface area contributed by atoms with Crippen LogP contribution < -0.4 is 5.32 Å². The molecule has 8 nitrogen and oxygen atoms in total. The van der Waals surface area contributed by atoms with Crippen LogP contribution in [0.15, 0.2) is 46.9 Å². The molecule has 11 heteroatoms. The number of aromatic nitrogens is 3. The predicted octanol–water partition coefficient (Wildman–Crippen LogP) is 6.05. The standard InChI is InChI=1S/C27H28N4O4S3/c1-16-12-19(14-36-16)24-29-30-27(31(24)13-20-10-7-11-35-20)37-15-21(32)28-25-23(26(33)34-3)22(17(2)38-25)18-8-5-4-6-9-18/h4-6,8-9,12,14,20H,7,10-11,13,15H2,1-3H3,(H,28,32). The van der Waals surface area contributed by atoms with Gasteiger partial charge >= 0.3 is 5.97 Å². The van der Waals surface area contributed by atoms with Crippen LogP contribution in [0.25, 0.3) is 22.5 Å². The zero-order valence-electron chi connectivity index (χ0n) is 21.4. The molecular formula is C27H28N4O4S3. The molecule has 5 rings (SSSR count). The largest absolute Gasteiger partial charge is 0.465 e. The van der Waals surface area contributed by atoms with Gasteiger partial charge in [-0.05, 0) is 38.3 Å². The first kappa shape index (κ1) is 26.6. The summed E-state index contributed by atoms with van der Waals surface area (Å²) >= 11 is 4.35. The van der Waals surface area contributed by atoms with Crippen molar-refractivity contribution in [2.75, 3.05) is 24.8 Å². The minimum atomic E-state index is -0.483. The molecule has 3 aromatic heterocycles. The summed E-state index contributed by atoms with van der Waals surface area (Å²) in [5.41, 5.74) is 3.06. The number of hydrogen-bond donors (Lipinski definition) is 1. The van der Waals surface area contributed by atoms with E-state index in [1.165, 1.54) is 35.1 Å². The number of nitrogens with zero attached hydrogens (tertiary/aromatic N) is 3. The van der Waals surface area contributed by atoms with Crippen LogP contribution in [-0.2, 0) is 20.8 Å². The number of ether oxygens (including phenoxy) is 2. The molecule has 4 aromatic rings. The number of benzene rings is 1. The van der Waals surface area contributed by atoms with Crippen molar-refractivity contribution in [3.8, 4) is 22.5 Å². The quantitative estimate of drug-likeness (QED) is 0.194. The number of aryl methyl sites for hydroxylation is 2. The zero-order chi connectivity index (χ0) is 26.6. The van der Waals surface area contributed by atoms with E-state index in [4.69, 9.17) is 9.47 Å². The molecule has 1 aliphatic heterocycles. The van der Waals surface area contributed by atoms with Crippen LogP contribution >= 0.6 is 34.4 Å². The maximum atomic E-state index is 13.1. The lowest BCUT2D eigenvalue weighted by molar-refractivity contribution is -0.113. The highest BCUT2D eigenvalue weighted by Gasteiger charge is 2.26. The van der Waals surface area contributed by atoms with E-state index >= 15 is 0 Å². The van der Waals surface area contributed by atoms with Crippen LogP contribution in [0.2, 0.25) is 0 Å². The van der Waals surface area contributed by atoms with Crippen LogP contribution in [0.1, 0.15) is 33.0 Å². The molecule has 1 saturated heterocycles. The van der Waals surface area contributed by atoms with Gasteiger partial charge in [-0.25, -0.2) is 4.79 Å². The summed E-state index contributed by atoms with van der Waals surface area (Å²) in [4.78, 5) is 28.0. The maximum Gasteiger partial charge on any atom is 0.341 e. The highest BCUT2D eigenvalue weighted by molar-refractivity contribution is 7.99. The van der Waals surface area contributed by atoms with Gasteiger partial charge in [-0.1, -0.05) is 42.1 Å². The normalized spacial score (nSPS) is 15.1. The topological polar surface area (TPSA) is 95.3 Å². The number of methoxy groups -OCH3 is 1. The summed E-state index contributed by atoms with van der Waals surface area (Å²) < 4.78 is 13.0. The number of rotatable bonds is 9. The van der Waals surface area contributed by atoms with Crippen LogP contribution in [-0.4, -0.2) is 52.2 Å². The summed E-state index contributed by atoms with van der Waals surface area (Å²) in [6.07, 6.45) is 2.13. The van der Waals surface area contributed by atoms with Crippen LogP contribution in [0.5, 0.6) is 0 Å². The van der Waals surface area contributed by atoms with Crippen molar-refractivity contribution >= 4 is 51.3 Å². The Morgan fingerprint density at radius 1 is 1.21 bits per heavy atom. The van der Waals surface area contributed by atoms with Crippen molar-refractivity contribution in [1.82, 2.24) is 14.8 Å². The van der Waals surface area contributed by atoms with E-state index in [-0.39, 0.29) is 17.8 Å². The average Bonchev–Trinajstić information content (AvgIpc) is 3.71. The molecule has 0 aliphatic carbocycles.